The molecule has 7 rings (SSSR count). The van der Waals surface area contributed by atoms with Crippen molar-refractivity contribution in [2.45, 2.75) is 96.6 Å². The minimum Gasteiger partial charge on any atom is -0.480 e. The lowest BCUT2D eigenvalue weighted by atomic mass is 9.46. The summed E-state index contributed by atoms with van der Waals surface area (Å²) in [5.74, 6) is -5.08. The van der Waals surface area contributed by atoms with Crippen LogP contribution in [0.4, 0.5) is 9.80 Å². The van der Waals surface area contributed by atoms with Crippen LogP contribution in [-0.2, 0) is 40.0 Å². The van der Waals surface area contributed by atoms with Gasteiger partial charge in [-0.15, -0.1) is 11.3 Å². The van der Waals surface area contributed by atoms with Gasteiger partial charge in [-0.25, -0.2) is 14.4 Å². The van der Waals surface area contributed by atoms with Crippen molar-refractivity contribution in [3.63, 3.8) is 0 Å². The number of fused-ring (bicyclic) bond motifs is 6. The van der Waals surface area contributed by atoms with Gasteiger partial charge in [-0.05, 0) is 98.8 Å². The molecule has 382 valence electrons. The second-order valence-electron chi connectivity index (χ2n) is 19.4. The van der Waals surface area contributed by atoms with Crippen LogP contribution in [0.1, 0.15) is 80.4 Å². The number of carbonyl (C=O) groups excluding carboxylic acids is 5. The number of hydrogen-bond acceptors (Lipinski definition) is 17. The molecule has 71 heavy (non-hydrogen) atoms. The molecule has 1 aromatic carbocycles. The molecular weight excluding hydrogens is 979 g/mol. The van der Waals surface area contributed by atoms with E-state index in [9.17, 15) is 58.8 Å². The van der Waals surface area contributed by atoms with Crippen LogP contribution in [0, 0.1) is 41.4 Å². The van der Waals surface area contributed by atoms with Crippen molar-refractivity contribution in [2.24, 2.45) is 34.5 Å². The number of rotatable bonds is 20. The summed E-state index contributed by atoms with van der Waals surface area (Å²) in [5.41, 5.74) is -1.24. The fraction of sp³-hybridized carbons (Fsp3) is 0.531. The predicted molar refractivity (Wildman–Crippen MR) is 266 cm³/mol. The molecule has 22 heteroatoms. The standard InChI is InChI=1S/C49H59N5O14S3/c1-25-18-32-30-8-7-28-20-29(55)14-15-47(28,3)41(30)36(56)21-48(32,4)49(25,66)38(57)23-68-46(65)67-16-17-69-70-24-35(45(63)64)52-39(58)12-10-34(44(61)62)53-43(60)37-11-13-40(71-37)54(5)22-27-6-9-33-31(19-27)42(59)51-26(2)50-33/h6,9,11,13-15,19-20,25,30,32,34-36,41,56,66H,7-8,10,12,16-18,21-24H2,1-5H3,(H,52,58)(H,53,60)(H,61,62)(H,63,64)(H,50,51,59)/t25?,30?,32?,34-,35?,36?,41?,47?,48?,49?/m0/s1. The summed E-state index contributed by atoms with van der Waals surface area (Å²) in [4.78, 5) is 110. The molecule has 9 unspecified atom stereocenters. The Morgan fingerprint density at radius 1 is 1.03 bits per heavy atom. The lowest BCUT2D eigenvalue weighted by molar-refractivity contribution is -0.184. The number of benzene rings is 1. The molecule has 4 aliphatic rings. The number of aliphatic hydroxyl groups is 2. The Bertz CT molecular complexity index is 2720. The molecule has 0 aliphatic heterocycles. The second kappa shape index (κ2) is 21.7. The molecule has 2 aromatic heterocycles. The first-order chi connectivity index (χ1) is 33.5. The van der Waals surface area contributed by atoms with Crippen LogP contribution >= 0.6 is 32.9 Å². The zero-order valence-electron chi connectivity index (χ0n) is 39.9. The number of amides is 2. The van der Waals surface area contributed by atoms with Crippen LogP contribution in [0.15, 0.2) is 58.9 Å². The molecule has 4 aliphatic carbocycles. The Hall–Kier alpha value is -5.55. The highest BCUT2D eigenvalue weighted by atomic mass is 33.1. The van der Waals surface area contributed by atoms with Gasteiger partial charge in [0.15, 0.2) is 12.4 Å². The largest absolute Gasteiger partial charge is 0.508 e. The minimum absolute atomic E-state index is 0.00973. The van der Waals surface area contributed by atoms with Gasteiger partial charge in [0.25, 0.3) is 11.5 Å². The third-order valence-electron chi connectivity index (χ3n) is 14.9. The molecule has 2 amide bonds. The van der Waals surface area contributed by atoms with E-state index >= 15 is 0 Å². The van der Waals surface area contributed by atoms with Crippen LogP contribution in [0.3, 0.4) is 0 Å². The molecule has 0 saturated heterocycles. The van der Waals surface area contributed by atoms with Gasteiger partial charge in [0.05, 0.1) is 26.9 Å². The zero-order chi connectivity index (χ0) is 51.6. The highest BCUT2D eigenvalue weighted by Crippen LogP contribution is 2.68. The van der Waals surface area contributed by atoms with Gasteiger partial charge >= 0.3 is 18.1 Å². The van der Waals surface area contributed by atoms with Crippen LogP contribution in [-0.4, -0.2) is 127 Å². The maximum absolute atomic E-state index is 13.8. The van der Waals surface area contributed by atoms with E-state index in [0.717, 1.165) is 44.1 Å². The van der Waals surface area contributed by atoms with Crippen LogP contribution in [0.2, 0.25) is 0 Å². The fourth-order valence-corrected chi connectivity index (χ4v) is 14.3. The molecule has 0 bridgehead atoms. The number of hydrogen-bond donors (Lipinski definition) is 7. The maximum Gasteiger partial charge on any atom is 0.508 e. The van der Waals surface area contributed by atoms with E-state index < -0.39 is 89.3 Å². The molecule has 2 heterocycles. The normalized spacial score (nSPS) is 27.3. The van der Waals surface area contributed by atoms with Crippen LogP contribution in [0.5, 0.6) is 0 Å². The average molecular weight is 1040 g/mol. The Morgan fingerprint density at radius 2 is 1.77 bits per heavy atom. The Labute approximate surface area is 421 Å². The molecule has 3 fully saturated rings. The van der Waals surface area contributed by atoms with Crippen molar-refractivity contribution in [2.75, 3.05) is 36.7 Å². The Kier molecular flexibility index (Phi) is 16.2. The number of thiophene rings is 1. The number of ether oxygens (including phenoxy) is 2. The first-order valence-electron chi connectivity index (χ1n) is 23.3. The van der Waals surface area contributed by atoms with Crippen molar-refractivity contribution in [3.8, 4) is 0 Å². The summed E-state index contributed by atoms with van der Waals surface area (Å²) in [5, 5.41) is 49.4. The number of aryl methyl sites for hydroxylation is 1. The number of ketones is 2. The number of carboxylic acid groups (broad SMARTS) is 2. The molecule has 7 N–H and O–H groups in total. The fourth-order valence-electron chi connectivity index (χ4n) is 11.5. The van der Waals surface area contributed by atoms with Gasteiger partial charge in [-0.1, -0.05) is 60.1 Å². The number of aliphatic hydroxyl groups excluding tert-OH is 1. The number of aromatic nitrogens is 2. The molecular formula is C49H59N5O14S3. The SMILES string of the molecule is Cc1nc(=O)c2cc(CN(C)c3ccc(C(=O)N[C@@H](CCC(=O)NC(CSSCCOC(=O)OCC(=O)C4(O)C(C)CC5C6CCC7=CC(=O)C=CC7(C)C6C(O)CC54C)C(=O)O)C(=O)O)s3)ccc2[nH]1. The third kappa shape index (κ3) is 11.1. The van der Waals surface area contributed by atoms with Crippen molar-refractivity contribution in [1.82, 2.24) is 20.6 Å². The lowest BCUT2D eigenvalue weighted by Crippen LogP contribution is -2.62. The number of nitrogens with one attached hydrogen (secondary N) is 3. The van der Waals surface area contributed by atoms with E-state index in [1.165, 1.54) is 0 Å². The second-order valence-corrected chi connectivity index (χ2v) is 23.1. The molecule has 0 radical (unpaired) electrons. The van der Waals surface area contributed by atoms with Crippen LogP contribution < -0.4 is 21.1 Å². The number of carboxylic acids is 2. The van der Waals surface area contributed by atoms with E-state index in [1.54, 1.807) is 57.3 Å². The van der Waals surface area contributed by atoms with E-state index in [-0.39, 0.29) is 64.9 Å². The highest BCUT2D eigenvalue weighted by Gasteiger charge is 2.70. The van der Waals surface area contributed by atoms with E-state index in [2.05, 4.69) is 20.6 Å². The molecule has 3 aromatic rings. The van der Waals surface area contributed by atoms with Gasteiger partial charge in [0.1, 0.15) is 30.1 Å². The lowest BCUT2D eigenvalue weighted by Gasteiger charge is -2.59. The first kappa shape index (κ1) is 53.3. The monoisotopic (exact) mass is 1040 g/mol. The average Bonchev–Trinajstić information content (AvgIpc) is 3.89. The molecule has 10 atom stereocenters. The zero-order valence-corrected chi connectivity index (χ0v) is 42.4. The topological polar surface area (TPSA) is 292 Å². The predicted octanol–water partition coefficient (Wildman–Crippen LogP) is 4.82. The van der Waals surface area contributed by atoms with Gasteiger partial charge in [-0.3, -0.25) is 24.0 Å². The van der Waals surface area contributed by atoms with E-state index in [4.69, 9.17) is 9.47 Å². The molecule has 0 spiro atoms. The number of aliphatic carboxylic acids is 2. The van der Waals surface area contributed by atoms with Crippen molar-refractivity contribution >= 4 is 90.3 Å². The number of nitrogens with zero attached hydrogens (tertiary/aromatic N) is 2. The number of carbonyl (C=O) groups is 7. The summed E-state index contributed by atoms with van der Waals surface area (Å²) in [7, 11) is 4.02. The summed E-state index contributed by atoms with van der Waals surface area (Å²) >= 11 is 1.12. The minimum atomic E-state index is -1.88. The smallest absolute Gasteiger partial charge is 0.480 e. The summed E-state index contributed by atoms with van der Waals surface area (Å²) in [6, 6.07) is 5.86. The van der Waals surface area contributed by atoms with Crippen LogP contribution in [0.25, 0.3) is 10.9 Å². The van der Waals surface area contributed by atoms with E-state index in [1.807, 2.05) is 30.9 Å². The van der Waals surface area contributed by atoms with Gasteiger partial charge in [0.2, 0.25) is 11.7 Å². The highest BCUT2D eigenvalue weighted by molar-refractivity contribution is 8.76. The van der Waals surface area contributed by atoms with Gasteiger partial charge in [0, 0.05) is 48.3 Å². The quantitative estimate of drug-likeness (QED) is 0.0453. The van der Waals surface area contributed by atoms with Gasteiger partial charge < -0.3 is 50.4 Å². The summed E-state index contributed by atoms with van der Waals surface area (Å²) in [6.07, 6.45) is 4.48. The summed E-state index contributed by atoms with van der Waals surface area (Å²) in [6.45, 7) is 6.86. The number of H-pyrrole nitrogens is 1. The molecule has 3 saturated carbocycles. The number of allylic oxidation sites excluding steroid dienone is 4. The van der Waals surface area contributed by atoms with E-state index in [0.29, 0.717) is 47.5 Å². The Morgan fingerprint density at radius 3 is 2.51 bits per heavy atom. The molecule has 19 nitrogen and oxygen atoms in total. The summed E-state index contributed by atoms with van der Waals surface area (Å²) < 4.78 is 10.3. The third-order valence-corrected chi connectivity index (χ3v) is 18.5. The first-order valence-corrected chi connectivity index (χ1v) is 26.6. The number of Topliss-reactive ketones (excluding diaryl/α,β-unsaturated/α-hetero) is 1. The van der Waals surface area contributed by atoms with Crippen molar-refractivity contribution < 1.29 is 63.5 Å². The Balaban J connectivity index is 0.804. The number of anilines is 1. The number of aromatic amines is 1. The van der Waals surface area contributed by atoms with Crippen molar-refractivity contribution in [3.05, 3.63) is 80.8 Å². The maximum atomic E-state index is 13.8. The van der Waals surface area contributed by atoms with Crippen molar-refractivity contribution in [1.29, 1.82) is 0 Å². The van der Waals surface area contributed by atoms with Gasteiger partial charge in [-0.2, -0.15) is 4.98 Å².